The lowest BCUT2D eigenvalue weighted by Crippen LogP contribution is -2.15. The summed E-state index contributed by atoms with van der Waals surface area (Å²) in [6, 6.07) is 58.3. The summed E-state index contributed by atoms with van der Waals surface area (Å²) < 4.78 is 6.51. The van der Waals surface area contributed by atoms with E-state index in [2.05, 4.69) is 178 Å². The first-order chi connectivity index (χ1) is 27.5. The van der Waals surface area contributed by atoms with Crippen molar-refractivity contribution in [2.45, 2.75) is 19.3 Å². The normalized spacial score (nSPS) is 13.3. The van der Waals surface area contributed by atoms with Crippen LogP contribution < -0.4 is 0 Å². The predicted molar refractivity (Wildman–Crippen MR) is 231 cm³/mol. The molecule has 0 saturated carbocycles. The molecule has 0 radical (unpaired) electrons. The number of fused-ring (bicyclic) bond motifs is 13. The van der Waals surface area contributed by atoms with E-state index in [0.717, 1.165) is 49.4 Å². The van der Waals surface area contributed by atoms with Gasteiger partial charge in [-0.25, -0.2) is 15.0 Å². The molecule has 262 valence electrons. The average molecular weight is 716 g/mol. The number of furan rings is 1. The summed E-state index contributed by atoms with van der Waals surface area (Å²) in [5.74, 6) is 1.90. The molecule has 0 unspecified atom stereocenters. The second-order valence-electron chi connectivity index (χ2n) is 15.6. The molecule has 1 aliphatic carbocycles. The fourth-order valence-corrected chi connectivity index (χ4v) is 9.34. The smallest absolute Gasteiger partial charge is 0.164 e. The molecule has 2 heterocycles. The monoisotopic (exact) mass is 715 g/mol. The van der Waals surface area contributed by atoms with E-state index < -0.39 is 0 Å². The van der Waals surface area contributed by atoms with Crippen LogP contribution >= 0.6 is 0 Å². The molecule has 0 spiro atoms. The van der Waals surface area contributed by atoms with Gasteiger partial charge in [0.1, 0.15) is 11.2 Å². The van der Waals surface area contributed by atoms with Crippen LogP contribution in [0.4, 0.5) is 0 Å². The first kappa shape index (κ1) is 31.2. The van der Waals surface area contributed by atoms with Crippen LogP contribution in [0.1, 0.15) is 25.0 Å². The van der Waals surface area contributed by atoms with Crippen molar-refractivity contribution in [3.05, 3.63) is 175 Å². The van der Waals surface area contributed by atoms with Gasteiger partial charge in [-0.05, 0) is 96.4 Å². The van der Waals surface area contributed by atoms with Crippen LogP contribution in [-0.4, -0.2) is 15.0 Å². The lowest BCUT2D eigenvalue weighted by atomic mass is 9.82. The Kier molecular flexibility index (Phi) is 6.37. The highest BCUT2D eigenvalue weighted by atomic mass is 16.3. The molecule has 12 rings (SSSR count). The Morgan fingerprint density at radius 2 is 0.982 bits per heavy atom. The van der Waals surface area contributed by atoms with Gasteiger partial charge in [-0.15, -0.1) is 0 Å². The minimum atomic E-state index is -0.157. The van der Waals surface area contributed by atoms with E-state index in [1.807, 2.05) is 0 Å². The summed E-state index contributed by atoms with van der Waals surface area (Å²) in [6.45, 7) is 4.62. The van der Waals surface area contributed by atoms with Crippen molar-refractivity contribution in [1.29, 1.82) is 0 Å². The van der Waals surface area contributed by atoms with Crippen LogP contribution in [0.15, 0.2) is 168 Å². The largest absolute Gasteiger partial charge is 0.456 e. The van der Waals surface area contributed by atoms with Crippen molar-refractivity contribution in [1.82, 2.24) is 15.0 Å². The SMILES string of the molecule is CC1(C)c2ccccc2-c2ccc(-c3nc(-c4ccc5oc6ccc7ccc8ccccc8c7c6c5c4)nc(-c4cc5ccccc5c5ccccc45)n3)cc21. The average Bonchev–Trinajstić information content (AvgIpc) is 3.74. The molecule has 4 heteroatoms. The molecule has 1 aliphatic rings. The maximum atomic E-state index is 6.51. The summed E-state index contributed by atoms with van der Waals surface area (Å²) in [7, 11) is 0. The van der Waals surface area contributed by atoms with Crippen LogP contribution in [0, 0.1) is 0 Å². The van der Waals surface area contributed by atoms with Crippen LogP contribution in [0.3, 0.4) is 0 Å². The van der Waals surface area contributed by atoms with Gasteiger partial charge in [-0.2, -0.15) is 0 Å². The van der Waals surface area contributed by atoms with Gasteiger partial charge in [0.2, 0.25) is 0 Å². The third-order valence-electron chi connectivity index (χ3n) is 12.1. The van der Waals surface area contributed by atoms with Crippen molar-refractivity contribution in [3.8, 4) is 45.3 Å². The maximum absolute atomic E-state index is 6.51. The second kappa shape index (κ2) is 11.4. The number of benzene rings is 9. The van der Waals surface area contributed by atoms with Crippen molar-refractivity contribution < 1.29 is 4.42 Å². The van der Waals surface area contributed by atoms with Gasteiger partial charge in [0.05, 0.1) is 0 Å². The summed E-state index contributed by atoms with van der Waals surface area (Å²) in [5.41, 5.74) is 9.56. The molecular weight excluding hydrogens is 683 g/mol. The number of nitrogens with zero attached hydrogens (tertiary/aromatic N) is 3. The quantitative estimate of drug-likeness (QED) is 0.171. The molecule has 0 fully saturated rings. The second-order valence-corrected chi connectivity index (χ2v) is 15.6. The van der Waals surface area contributed by atoms with Crippen molar-refractivity contribution >= 4 is 65.0 Å². The molecule has 0 saturated heterocycles. The van der Waals surface area contributed by atoms with Gasteiger partial charge in [0, 0.05) is 38.3 Å². The van der Waals surface area contributed by atoms with E-state index in [0.29, 0.717) is 17.5 Å². The highest BCUT2D eigenvalue weighted by molar-refractivity contribution is 6.27. The lowest BCUT2D eigenvalue weighted by molar-refractivity contribution is 0.660. The molecule has 56 heavy (non-hydrogen) atoms. The maximum Gasteiger partial charge on any atom is 0.164 e. The molecule has 0 bridgehead atoms. The predicted octanol–water partition coefficient (Wildman–Crippen LogP) is 13.7. The van der Waals surface area contributed by atoms with Gasteiger partial charge in [0.15, 0.2) is 17.5 Å². The van der Waals surface area contributed by atoms with Crippen molar-refractivity contribution in [2.24, 2.45) is 0 Å². The number of rotatable bonds is 3. The third kappa shape index (κ3) is 4.44. The minimum absolute atomic E-state index is 0.157. The third-order valence-corrected chi connectivity index (χ3v) is 12.1. The van der Waals surface area contributed by atoms with E-state index in [1.165, 1.54) is 54.6 Å². The van der Waals surface area contributed by atoms with Crippen LogP contribution in [-0.2, 0) is 5.41 Å². The first-order valence-electron chi connectivity index (χ1n) is 19.2. The van der Waals surface area contributed by atoms with Crippen LogP contribution in [0.2, 0.25) is 0 Å². The Labute approximate surface area is 322 Å². The Hall–Kier alpha value is -7.17. The molecule has 0 amide bonds. The van der Waals surface area contributed by atoms with Crippen molar-refractivity contribution in [3.63, 3.8) is 0 Å². The lowest BCUT2D eigenvalue weighted by Gasteiger charge is -2.21. The van der Waals surface area contributed by atoms with Gasteiger partial charge in [0.25, 0.3) is 0 Å². The van der Waals surface area contributed by atoms with Crippen molar-refractivity contribution in [2.75, 3.05) is 0 Å². The van der Waals surface area contributed by atoms with Gasteiger partial charge < -0.3 is 4.42 Å². The van der Waals surface area contributed by atoms with Gasteiger partial charge in [-0.1, -0.05) is 141 Å². The van der Waals surface area contributed by atoms with Gasteiger partial charge in [-0.3, -0.25) is 0 Å². The summed E-state index contributed by atoms with van der Waals surface area (Å²) >= 11 is 0. The molecule has 11 aromatic rings. The fourth-order valence-electron chi connectivity index (χ4n) is 9.34. The van der Waals surface area contributed by atoms with Crippen LogP contribution in [0.5, 0.6) is 0 Å². The highest BCUT2D eigenvalue weighted by Gasteiger charge is 2.35. The molecule has 9 aromatic carbocycles. The molecule has 0 atom stereocenters. The van der Waals surface area contributed by atoms with E-state index in [-0.39, 0.29) is 5.41 Å². The number of hydrogen-bond acceptors (Lipinski definition) is 4. The number of hydrogen-bond donors (Lipinski definition) is 0. The van der Waals surface area contributed by atoms with E-state index in [9.17, 15) is 0 Å². The highest BCUT2D eigenvalue weighted by Crippen LogP contribution is 2.49. The summed E-state index contributed by atoms with van der Waals surface area (Å²) in [5, 5.41) is 11.6. The zero-order chi connectivity index (χ0) is 37.1. The number of aromatic nitrogens is 3. The Morgan fingerprint density at radius 1 is 0.375 bits per heavy atom. The Bertz CT molecular complexity index is 3470. The van der Waals surface area contributed by atoms with Gasteiger partial charge >= 0.3 is 0 Å². The van der Waals surface area contributed by atoms with Crippen LogP contribution in [0.25, 0.3) is 110 Å². The molecule has 0 N–H and O–H groups in total. The van der Waals surface area contributed by atoms with E-state index in [4.69, 9.17) is 19.4 Å². The fraction of sp³-hybridized carbons (Fsp3) is 0.0577. The van der Waals surface area contributed by atoms with E-state index in [1.54, 1.807) is 0 Å². The van der Waals surface area contributed by atoms with E-state index >= 15 is 0 Å². The Balaban J connectivity index is 1.13. The zero-order valence-corrected chi connectivity index (χ0v) is 30.8. The molecule has 2 aromatic heterocycles. The zero-order valence-electron chi connectivity index (χ0n) is 30.8. The molecular formula is C52H33N3O. The summed E-state index contributed by atoms with van der Waals surface area (Å²) in [4.78, 5) is 15.9. The topological polar surface area (TPSA) is 51.8 Å². The minimum Gasteiger partial charge on any atom is -0.456 e. The standard InChI is InChI=1S/C52H33N3O/c1-52(2)43-18-10-9-17-39(43)40-24-21-34(29-44(40)52)50-53-49(54-51(55-50)41-27-32-12-4-5-13-35(32)37-15-7-8-16-38(37)41)33-23-25-45-42(28-33)48-46(56-45)26-22-31-20-19-30-11-3-6-14-36(30)47(31)48/h3-29H,1-2H3. The summed E-state index contributed by atoms with van der Waals surface area (Å²) in [6.07, 6.45) is 0. The molecule has 4 nitrogen and oxygen atoms in total. The Morgan fingerprint density at radius 3 is 1.84 bits per heavy atom. The molecule has 0 aliphatic heterocycles. The first-order valence-corrected chi connectivity index (χ1v) is 19.2.